The topological polar surface area (TPSA) is 78.9 Å². The summed E-state index contributed by atoms with van der Waals surface area (Å²) in [6, 6.07) is 0. The molecule has 0 bridgehead atoms. The van der Waals surface area contributed by atoms with Gasteiger partial charge in [0.15, 0.2) is 6.10 Å². The lowest BCUT2D eigenvalue weighted by molar-refractivity contribution is -0.167. The predicted octanol–water partition coefficient (Wildman–Crippen LogP) is 23.9. The SMILES string of the molecule is CC/C=C\C/C=C\C/C=C\C/C=C\C/C=C\C/C=C\C/C=C\C/C=C\C/C=C\CCCC(=O)OCC(COC(=O)CCCCCCC/C=C\CCCCC)OC(=O)CCCCCCCCCCCCCCCCCCCCCCCCC. The van der Waals surface area contributed by atoms with E-state index in [0.29, 0.717) is 19.3 Å². The Kier molecular flexibility index (Phi) is 65.8. The predicted molar refractivity (Wildman–Crippen MR) is 357 cm³/mol. The van der Waals surface area contributed by atoms with E-state index in [9.17, 15) is 14.4 Å². The summed E-state index contributed by atoms with van der Waals surface area (Å²) in [6.07, 6.45) is 96.6. The summed E-state index contributed by atoms with van der Waals surface area (Å²) in [4.78, 5) is 38.3. The van der Waals surface area contributed by atoms with Crippen molar-refractivity contribution in [3.05, 3.63) is 122 Å². The molecule has 82 heavy (non-hydrogen) atoms. The van der Waals surface area contributed by atoms with Gasteiger partial charge in [-0.15, -0.1) is 0 Å². The molecule has 0 spiro atoms. The van der Waals surface area contributed by atoms with E-state index >= 15 is 0 Å². The van der Waals surface area contributed by atoms with Gasteiger partial charge in [0.1, 0.15) is 13.2 Å². The van der Waals surface area contributed by atoms with Crippen LogP contribution in [0.15, 0.2) is 122 Å². The minimum Gasteiger partial charge on any atom is -0.462 e. The van der Waals surface area contributed by atoms with Crippen molar-refractivity contribution in [3.8, 4) is 0 Å². The number of carbonyl (C=O) groups is 3. The zero-order valence-electron chi connectivity index (χ0n) is 53.7. The summed E-state index contributed by atoms with van der Waals surface area (Å²) in [5.41, 5.74) is 0. The number of hydrogen-bond acceptors (Lipinski definition) is 6. The Morgan fingerprint density at radius 2 is 0.488 bits per heavy atom. The maximum absolute atomic E-state index is 12.9. The van der Waals surface area contributed by atoms with Crippen LogP contribution in [0, 0.1) is 0 Å². The highest BCUT2D eigenvalue weighted by Gasteiger charge is 2.19. The third kappa shape index (κ3) is 66.6. The molecule has 0 saturated carbocycles. The van der Waals surface area contributed by atoms with Crippen LogP contribution in [0.1, 0.15) is 323 Å². The minimum absolute atomic E-state index is 0.0998. The van der Waals surface area contributed by atoms with Gasteiger partial charge < -0.3 is 14.2 Å². The summed E-state index contributed by atoms with van der Waals surface area (Å²) in [5.74, 6) is -0.960. The van der Waals surface area contributed by atoms with E-state index < -0.39 is 6.10 Å². The summed E-state index contributed by atoms with van der Waals surface area (Å²) < 4.78 is 16.9. The lowest BCUT2D eigenvalue weighted by Crippen LogP contribution is -2.30. The van der Waals surface area contributed by atoms with Gasteiger partial charge in [-0.25, -0.2) is 0 Å². The lowest BCUT2D eigenvalue weighted by atomic mass is 10.0. The Bertz CT molecular complexity index is 1690. The van der Waals surface area contributed by atoms with Crippen molar-refractivity contribution in [1.29, 1.82) is 0 Å². The summed E-state index contributed by atoms with van der Waals surface area (Å²) >= 11 is 0. The van der Waals surface area contributed by atoms with E-state index in [-0.39, 0.29) is 37.5 Å². The molecular formula is C76H128O6. The van der Waals surface area contributed by atoms with E-state index in [0.717, 1.165) is 116 Å². The van der Waals surface area contributed by atoms with Crippen LogP contribution in [0.25, 0.3) is 0 Å². The van der Waals surface area contributed by atoms with E-state index in [1.54, 1.807) is 0 Å². The zero-order valence-corrected chi connectivity index (χ0v) is 53.7. The van der Waals surface area contributed by atoms with Crippen LogP contribution in [0.5, 0.6) is 0 Å². The molecule has 0 aromatic heterocycles. The Hall–Kier alpha value is -4.19. The van der Waals surface area contributed by atoms with E-state index in [1.807, 2.05) is 0 Å². The van der Waals surface area contributed by atoms with E-state index in [2.05, 4.69) is 142 Å². The number of unbranched alkanes of at least 4 members (excludes halogenated alkanes) is 31. The normalized spacial score (nSPS) is 12.9. The molecule has 468 valence electrons. The maximum Gasteiger partial charge on any atom is 0.306 e. The molecule has 0 fully saturated rings. The number of ether oxygens (including phenoxy) is 3. The molecule has 6 nitrogen and oxygen atoms in total. The second-order valence-corrected chi connectivity index (χ2v) is 22.7. The second kappa shape index (κ2) is 69.3. The second-order valence-electron chi connectivity index (χ2n) is 22.7. The molecule has 0 aliphatic heterocycles. The monoisotopic (exact) mass is 1140 g/mol. The highest BCUT2D eigenvalue weighted by Crippen LogP contribution is 2.17. The molecule has 0 heterocycles. The van der Waals surface area contributed by atoms with Gasteiger partial charge in [-0.05, 0) is 109 Å². The maximum atomic E-state index is 12.9. The number of allylic oxidation sites excluding steroid dienone is 20. The highest BCUT2D eigenvalue weighted by molar-refractivity contribution is 5.71. The highest BCUT2D eigenvalue weighted by atomic mass is 16.6. The third-order valence-corrected chi connectivity index (χ3v) is 14.7. The van der Waals surface area contributed by atoms with Crippen LogP contribution in [0.3, 0.4) is 0 Å². The zero-order chi connectivity index (χ0) is 59.2. The standard InChI is InChI=1S/C76H128O6/c1-4-7-10-13-16-19-22-25-27-29-31-33-35-36-37-38-39-40-42-43-45-47-49-51-54-57-60-63-66-69-75(78)81-72-73(71-80-74(77)68-65-62-59-56-53-24-21-18-15-12-9-6-3)82-76(79)70-67-64-61-58-55-52-50-48-46-44-41-34-32-30-28-26-23-20-17-14-11-8-5-2/h7,10,16,18-19,21,25,27,31,33,36-37,39-40,43,45,49,51,57,60,73H,4-6,8-9,11-15,17,20,22-24,26,28-30,32,34-35,38,41-42,44,46-48,50,52-56,58-59,61-72H2,1-3H3/b10-7-,19-16-,21-18-,27-25-,33-31-,37-36-,40-39-,45-43-,51-49-,60-57-. The fraction of sp³-hybridized carbons (Fsp3) is 0.697. The van der Waals surface area contributed by atoms with Gasteiger partial charge in [-0.3, -0.25) is 14.4 Å². The largest absolute Gasteiger partial charge is 0.462 e. The Morgan fingerprint density at radius 3 is 0.829 bits per heavy atom. The first kappa shape index (κ1) is 77.8. The number of carbonyl (C=O) groups excluding carboxylic acids is 3. The first-order chi connectivity index (χ1) is 40.5. The summed E-state index contributed by atoms with van der Waals surface area (Å²) in [6.45, 7) is 6.48. The molecule has 0 radical (unpaired) electrons. The van der Waals surface area contributed by atoms with Gasteiger partial charge in [0, 0.05) is 19.3 Å². The molecule has 0 N–H and O–H groups in total. The van der Waals surface area contributed by atoms with Crippen LogP contribution in [-0.2, 0) is 28.6 Å². The minimum atomic E-state index is -0.807. The van der Waals surface area contributed by atoms with Crippen molar-refractivity contribution in [2.75, 3.05) is 13.2 Å². The van der Waals surface area contributed by atoms with Crippen molar-refractivity contribution < 1.29 is 28.6 Å². The molecular weight excluding hydrogens is 1010 g/mol. The van der Waals surface area contributed by atoms with Crippen LogP contribution < -0.4 is 0 Å². The molecule has 0 aromatic rings. The average molecular weight is 1140 g/mol. The van der Waals surface area contributed by atoms with E-state index in [1.165, 1.54) is 161 Å². The van der Waals surface area contributed by atoms with Gasteiger partial charge in [-0.1, -0.05) is 316 Å². The average Bonchev–Trinajstić information content (AvgIpc) is 3.47. The Balaban J connectivity index is 4.38. The van der Waals surface area contributed by atoms with Crippen LogP contribution in [0.2, 0.25) is 0 Å². The van der Waals surface area contributed by atoms with Gasteiger partial charge >= 0.3 is 17.9 Å². The molecule has 0 aliphatic rings. The molecule has 0 saturated heterocycles. The van der Waals surface area contributed by atoms with E-state index in [4.69, 9.17) is 14.2 Å². The van der Waals surface area contributed by atoms with Crippen molar-refractivity contribution in [2.24, 2.45) is 0 Å². The van der Waals surface area contributed by atoms with Crippen LogP contribution in [0.4, 0.5) is 0 Å². The fourth-order valence-corrected chi connectivity index (χ4v) is 9.56. The number of rotatable bonds is 62. The van der Waals surface area contributed by atoms with Crippen molar-refractivity contribution >= 4 is 17.9 Å². The van der Waals surface area contributed by atoms with Crippen molar-refractivity contribution in [3.63, 3.8) is 0 Å². The molecule has 0 aromatic carbocycles. The first-order valence-electron chi connectivity index (χ1n) is 34.5. The molecule has 1 atom stereocenters. The quantitative estimate of drug-likeness (QED) is 0.0261. The first-order valence-corrected chi connectivity index (χ1v) is 34.5. The number of hydrogen-bond donors (Lipinski definition) is 0. The molecule has 0 amide bonds. The smallest absolute Gasteiger partial charge is 0.306 e. The Morgan fingerprint density at radius 1 is 0.256 bits per heavy atom. The molecule has 0 aliphatic carbocycles. The fourth-order valence-electron chi connectivity index (χ4n) is 9.56. The third-order valence-electron chi connectivity index (χ3n) is 14.7. The van der Waals surface area contributed by atoms with Crippen LogP contribution >= 0.6 is 0 Å². The van der Waals surface area contributed by atoms with Gasteiger partial charge in [0.25, 0.3) is 0 Å². The van der Waals surface area contributed by atoms with Crippen LogP contribution in [-0.4, -0.2) is 37.2 Å². The van der Waals surface area contributed by atoms with Gasteiger partial charge in [-0.2, -0.15) is 0 Å². The van der Waals surface area contributed by atoms with Crippen molar-refractivity contribution in [2.45, 2.75) is 329 Å². The molecule has 0 rings (SSSR count). The molecule has 1 unspecified atom stereocenters. The number of esters is 3. The van der Waals surface area contributed by atoms with Crippen molar-refractivity contribution in [1.82, 2.24) is 0 Å². The van der Waals surface area contributed by atoms with Gasteiger partial charge in [0.2, 0.25) is 0 Å². The lowest BCUT2D eigenvalue weighted by Gasteiger charge is -2.18. The Labute approximate surface area is 507 Å². The summed E-state index contributed by atoms with van der Waals surface area (Å²) in [5, 5.41) is 0. The molecule has 6 heteroatoms. The summed E-state index contributed by atoms with van der Waals surface area (Å²) in [7, 11) is 0. The van der Waals surface area contributed by atoms with Gasteiger partial charge in [0.05, 0.1) is 0 Å².